The number of carbonyl (C=O) groups is 3. The number of hydrogen-bond acceptors (Lipinski definition) is 5. The van der Waals surface area contributed by atoms with Gasteiger partial charge >= 0.3 is 6.09 Å². The third-order valence-electron chi connectivity index (χ3n) is 5.22. The van der Waals surface area contributed by atoms with E-state index in [2.05, 4.69) is 5.32 Å². The van der Waals surface area contributed by atoms with E-state index in [1.807, 2.05) is 36.4 Å². The summed E-state index contributed by atoms with van der Waals surface area (Å²) in [7, 11) is 0. The summed E-state index contributed by atoms with van der Waals surface area (Å²) >= 11 is 0. The van der Waals surface area contributed by atoms with Crippen molar-refractivity contribution in [1.29, 1.82) is 0 Å². The molecule has 28 heavy (non-hydrogen) atoms. The molecule has 4 rings (SSSR count). The van der Waals surface area contributed by atoms with Gasteiger partial charge in [-0.1, -0.05) is 36.4 Å². The summed E-state index contributed by atoms with van der Waals surface area (Å²) in [5, 5.41) is 14.0. The Labute approximate surface area is 161 Å². The minimum atomic E-state index is -0.980. The molecule has 2 aromatic rings. The largest absolute Gasteiger partial charge is 0.415 e. The van der Waals surface area contributed by atoms with Gasteiger partial charge in [0.1, 0.15) is 17.8 Å². The number of aliphatic hydroxyl groups excluding tert-OH is 1. The topological polar surface area (TPSA) is 99.2 Å². The Morgan fingerprint density at radius 1 is 1.18 bits per heavy atom. The van der Waals surface area contributed by atoms with Crippen LogP contribution in [0.3, 0.4) is 0 Å². The van der Waals surface area contributed by atoms with Gasteiger partial charge in [0.05, 0.1) is 12.6 Å². The molecular formula is C20H21N3O5. The van der Waals surface area contributed by atoms with Crippen molar-refractivity contribution in [1.82, 2.24) is 15.1 Å². The predicted molar refractivity (Wildman–Crippen MR) is 101 cm³/mol. The van der Waals surface area contributed by atoms with Gasteiger partial charge in [0, 0.05) is 18.5 Å². The number of amides is 3. The Morgan fingerprint density at radius 2 is 1.93 bits per heavy atom. The highest BCUT2D eigenvalue weighted by molar-refractivity contribution is 5.98. The molecule has 2 aliphatic heterocycles. The van der Waals surface area contributed by atoms with E-state index in [1.54, 1.807) is 6.07 Å². The van der Waals surface area contributed by atoms with Crippen molar-refractivity contribution >= 4 is 28.7 Å². The highest BCUT2D eigenvalue weighted by Gasteiger charge is 2.45. The molecule has 0 bridgehead atoms. The molecule has 2 aliphatic rings. The third-order valence-corrected chi connectivity index (χ3v) is 5.22. The van der Waals surface area contributed by atoms with E-state index in [0.29, 0.717) is 5.75 Å². The van der Waals surface area contributed by atoms with E-state index in [9.17, 15) is 19.5 Å². The maximum atomic E-state index is 12.7. The molecule has 146 valence electrons. The summed E-state index contributed by atoms with van der Waals surface area (Å²) < 4.78 is 5.58. The van der Waals surface area contributed by atoms with Crippen LogP contribution in [0.2, 0.25) is 0 Å². The maximum Gasteiger partial charge on any atom is 0.415 e. The van der Waals surface area contributed by atoms with Gasteiger partial charge in [-0.2, -0.15) is 0 Å². The summed E-state index contributed by atoms with van der Waals surface area (Å²) in [5.74, 6) is -0.265. The van der Waals surface area contributed by atoms with Gasteiger partial charge in [-0.3, -0.25) is 9.59 Å². The first kappa shape index (κ1) is 18.2. The van der Waals surface area contributed by atoms with Gasteiger partial charge in [-0.05, 0) is 18.4 Å². The van der Waals surface area contributed by atoms with Gasteiger partial charge in [0.2, 0.25) is 11.8 Å². The maximum absolute atomic E-state index is 12.7. The van der Waals surface area contributed by atoms with Crippen LogP contribution in [-0.4, -0.2) is 70.6 Å². The molecule has 8 nitrogen and oxygen atoms in total. The van der Waals surface area contributed by atoms with Gasteiger partial charge in [-0.15, -0.1) is 0 Å². The van der Waals surface area contributed by atoms with Crippen LogP contribution in [0, 0.1) is 0 Å². The first-order valence-corrected chi connectivity index (χ1v) is 9.19. The second-order valence-electron chi connectivity index (χ2n) is 7.07. The van der Waals surface area contributed by atoms with Gasteiger partial charge in [0.15, 0.2) is 0 Å². The summed E-state index contributed by atoms with van der Waals surface area (Å²) in [6.45, 7) is 1.98. The molecule has 0 aromatic heterocycles. The number of benzene rings is 2. The quantitative estimate of drug-likeness (QED) is 0.797. The molecule has 2 fully saturated rings. The first-order valence-electron chi connectivity index (χ1n) is 9.19. The van der Waals surface area contributed by atoms with Crippen molar-refractivity contribution in [2.75, 3.05) is 19.6 Å². The average molecular weight is 383 g/mol. The summed E-state index contributed by atoms with van der Waals surface area (Å²) in [4.78, 5) is 40.4. The normalized spacial score (nSPS) is 23.2. The van der Waals surface area contributed by atoms with E-state index in [-0.39, 0.29) is 31.4 Å². The molecule has 0 spiro atoms. The third kappa shape index (κ3) is 3.16. The SMILES string of the molecule is C[C@H](O)[C@H]1NC(=O)[C@H]2CN(C(=O)Oc3cccc4ccccc34)CCN2C1=O. The van der Waals surface area contributed by atoms with E-state index in [0.717, 1.165) is 10.8 Å². The van der Waals surface area contributed by atoms with Crippen molar-refractivity contribution in [3.05, 3.63) is 42.5 Å². The molecule has 0 saturated carbocycles. The number of hydrogen-bond donors (Lipinski definition) is 2. The minimum absolute atomic E-state index is 0.0493. The van der Waals surface area contributed by atoms with Crippen LogP contribution >= 0.6 is 0 Å². The lowest BCUT2D eigenvalue weighted by molar-refractivity contribution is -0.155. The molecule has 3 amide bonds. The Kier molecular flexibility index (Phi) is 4.64. The van der Waals surface area contributed by atoms with Crippen molar-refractivity contribution in [3.8, 4) is 5.75 Å². The number of rotatable bonds is 2. The van der Waals surface area contributed by atoms with Gasteiger partial charge in [0.25, 0.3) is 0 Å². The number of ether oxygens (including phenoxy) is 1. The van der Waals surface area contributed by atoms with Crippen LogP contribution in [0.4, 0.5) is 4.79 Å². The van der Waals surface area contributed by atoms with Crippen LogP contribution in [0.25, 0.3) is 10.8 Å². The van der Waals surface area contributed by atoms with Gasteiger partial charge < -0.3 is 25.0 Å². The minimum Gasteiger partial charge on any atom is -0.410 e. The summed E-state index contributed by atoms with van der Waals surface area (Å²) in [6.07, 6.45) is -1.54. The highest BCUT2D eigenvalue weighted by atomic mass is 16.6. The molecule has 8 heteroatoms. The lowest BCUT2D eigenvalue weighted by Gasteiger charge is -2.45. The predicted octanol–water partition coefficient (Wildman–Crippen LogP) is 0.731. The van der Waals surface area contributed by atoms with Crippen LogP contribution in [0.1, 0.15) is 6.92 Å². The fourth-order valence-electron chi connectivity index (χ4n) is 3.70. The molecule has 0 unspecified atom stereocenters. The molecular weight excluding hydrogens is 362 g/mol. The standard InChI is InChI=1S/C20H21N3O5/c1-12(24)17-19(26)23-10-9-22(11-15(23)18(25)21-17)20(27)28-16-8-4-6-13-5-2-3-7-14(13)16/h2-8,12,15,17,24H,9-11H2,1H3,(H,21,25)/t12-,15+,17+/m0/s1. The average Bonchev–Trinajstić information content (AvgIpc) is 2.70. The number of fused-ring (bicyclic) bond motifs is 2. The zero-order valence-electron chi connectivity index (χ0n) is 15.4. The van der Waals surface area contributed by atoms with Crippen LogP contribution < -0.4 is 10.1 Å². The zero-order valence-corrected chi connectivity index (χ0v) is 15.4. The van der Waals surface area contributed by atoms with Gasteiger partial charge in [-0.25, -0.2) is 4.79 Å². The number of carbonyl (C=O) groups excluding carboxylic acids is 3. The van der Waals surface area contributed by atoms with E-state index in [4.69, 9.17) is 4.74 Å². The number of nitrogens with one attached hydrogen (secondary N) is 1. The molecule has 0 aliphatic carbocycles. The van der Waals surface area contributed by atoms with E-state index >= 15 is 0 Å². The molecule has 2 aromatic carbocycles. The lowest BCUT2D eigenvalue weighted by atomic mass is 10.0. The number of aliphatic hydroxyl groups is 1. The fraction of sp³-hybridized carbons (Fsp3) is 0.350. The molecule has 3 atom stereocenters. The molecule has 0 radical (unpaired) electrons. The van der Waals surface area contributed by atoms with Crippen LogP contribution in [-0.2, 0) is 9.59 Å². The highest BCUT2D eigenvalue weighted by Crippen LogP contribution is 2.26. The Morgan fingerprint density at radius 3 is 2.71 bits per heavy atom. The van der Waals surface area contributed by atoms with E-state index < -0.39 is 24.3 Å². The Hall–Kier alpha value is -3.13. The summed E-state index contributed by atoms with van der Waals surface area (Å²) in [6, 6.07) is 11.3. The number of piperazine rings is 2. The molecule has 2 heterocycles. The zero-order chi connectivity index (χ0) is 19.8. The van der Waals surface area contributed by atoms with Crippen molar-refractivity contribution < 1.29 is 24.2 Å². The lowest BCUT2D eigenvalue weighted by Crippen LogP contribution is -2.71. The second-order valence-corrected chi connectivity index (χ2v) is 7.07. The van der Waals surface area contributed by atoms with Crippen molar-refractivity contribution in [2.45, 2.75) is 25.1 Å². The van der Waals surface area contributed by atoms with Crippen LogP contribution in [0.5, 0.6) is 5.75 Å². The van der Waals surface area contributed by atoms with Crippen molar-refractivity contribution in [2.24, 2.45) is 0 Å². The van der Waals surface area contributed by atoms with Crippen LogP contribution in [0.15, 0.2) is 42.5 Å². The molecule has 2 N–H and O–H groups in total. The summed E-state index contributed by atoms with van der Waals surface area (Å²) in [5.41, 5.74) is 0. The Balaban J connectivity index is 1.49. The second kappa shape index (κ2) is 7.12. The fourth-order valence-corrected chi connectivity index (χ4v) is 3.70. The first-order chi connectivity index (χ1) is 13.5. The smallest absolute Gasteiger partial charge is 0.410 e. The van der Waals surface area contributed by atoms with E-state index in [1.165, 1.54) is 16.7 Å². The Bertz CT molecular complexity index is 939. The number of nitrogens with zero attached hydrogens (tertiary/aromatic N) is 2. The molecule has 2 saturated heterocycles. The monoisotopic (exact) mass is 383 g/mol. The van der Waals surface area contributed by atoms with Crippen molar-refractivity contribution in [3.63, 3.8) is 0 Å².